The van der Waals surface area contributed by atoms with E-state index in [0.29, 0.717) is 5.56 Å². The molecule has 0 aliphatic heterocycles. The van der Waals surface area contributed by atoms with Gasteiger partial charge in [0.25, 0.3) is 5.56 Å². The molecule has 5 nitrogen and oxygen atoms in total. The smallest absolute Gasteiger partial charge is 0.304 e. The molecule has 0 aliphatic carbocycles. The Kier molecular flexibility index (Phi) is 4.75. The van der Waals surface area contributed by atoms with E-state index < -0.39 is 0 Å². The van der Waals surface area contributed by atoms with Crippen LogP contribution >= 0.6 is 0 Å². The Hall–Kier alpha value is -1.78. The molecule has 1 heterocycles. The third kappa shape index (κ3) is 2.97. The van der Waals surface area contributed by atoms with Gasteiger partial charge in [-0.05, 0) is 34.6 Å². The SMILES string of the molecule is C=CCn1c(=O)c(C)cn(N(C(C)C)C(C)C)c1=O. The summed E-state index contributed by atoms with van der Waals surface area (Å²) >= 11 is 0. The van der Waals surface area contributed by atoms with E-state index in [-0.39, 0.29) is 29.9 Å². The lowest BCUT2D eigenvalue weighted by Gasteiger charge is -2.34. The van der Waals surface area contributed by atoms with Crippen LogP contribution in [0, 0.1) is 6.92 Å². The van der Waals surface area contributed by atoms with Crippen LogP contribution in [0.1, 0.15) is 33.3 Å². The van der Waals surface area contributed by atoms with Gasteiger partial charge in [0.1, 0.15) is 0 Å². The van der Waals surface area contributed by atoms with Crippen LogP contribution in [-0.4, -0.2) is 21.3 Å². The lowest BCUT2D eigenvalue weighted by atomic mass is 10.3. The average Bonchev–Trinajstić information content (AvgIpc) is 2.30. The fourth-order valence-electron chi connectivity index (χ4n) is 2.27. The van der Waals surface area contributed by atoms with Crippen molar-refractivity contribution < 1.29 is 0 Å². The number of aryl methyl sites for hydroxylation is 1. The molecular formula is C14H23N3O2. The quantitative estimate of drug-likeness (QED) is 0.753. The molecule has 0 atom stereocenters. The summed E-state index contributed by atoms with van der Waals surface area (Å²) in [6.07, 6.45) is 3.17. The maximum Gasteiger partial charge on any atom is 0.350 e. The molecule has 0 aromatic carbocycles. The average molecular weight is 265 g/mol. The summed E-state index contributed by atoms with van der Waals surface area (Å²) in [6, 6.07) is 0.318. The first kappa shape index (κ1) is 15.3. The van der Waals surface area contributed by atoms with E-state index in [4.69, 9.17) is 0 Å². The van der Waals surface area contributed by atoms with Crippen molar-refractivity contribution in [2.75, 3.05) is 5.01 Å². The van der Waals surface area contributed by atoms with Gasteiger partial charge >= 0.3 is 5.69 Å². The molecule has 0 N–H and O–H groups in total. The Morgan fingerprint density at radius 3 is 2.21 bits per heavy atom. The predicted octanol–water partition coefficient (Wildman–Crippen LogP) is 1.26. The Morgan fingerprint density at radius 1 is 1.26 bits per heavy atom. The minimum absolute atomic E-state index is 0.159. The summed E-state index contributed by atoms with van der Waals surface area (Å²) in [5.41, 5.74) is -0.0285. The first-order chi connectivity index (χ1) is 8.81. The fourth-order valence-corrected chi connectivity index (χ4v) is 2.27. The van der Waals surface area contributed by atoms with Crippen LogP contribution in [-0.2, 0) is 6.54 Å². The molecule has 5 heteroatoms. The van der Waals surface area contributed by atoms with Crippen molar-refractivity contribution in [1.29, 1.82) is 0 Å². The standard InChI is InChI=1S/C14H23N3O2/c1-7-8-15-13(18)12(6)9-16(14(15)19)17(10(2)3)11(4)5/h7,9-11H,1,8H2,2-6H3. The molecule has 106 valence electrons. The van der Waals surface area contributed by atoms with E-state index in [2.05, 4.69) is 6.58 Å². The number of hydrogen-bond donors (Lipinski definition) is 0. The molecule has 0 amide bonds. The number of allylic oxidation sites excluding steroid dienone is 1. The van der Waals surface area contributed by atoms with Gasteiger partial charge in [-0.3, -0.25) is 9.36 Å². The van der Waals surface area contributed by atoms with Crippen LogP contribution in [0.15, 0.2) is 28.4 Å². The molecule has 0 radical (unpaired) electrons. The van der Waals surface area contributed by atoms with Crippen LogP contribution in [0.5, 0.6) is 0 Å². The zero-order valence-electron chi connectivity index (χ0n) is 12.4. The molecular weight excluding hydrogens is 242 g/mol. The van der Waals surface area contributed by atoms with Gasteiger partial charge in [0, 0.05) is 30.4 Å². The second kappa shape index (κ2) is 5.91. The molecule has 0 aliphatic rings. The maximum absolute atomic E-state index is 12.4. The van der Waals surface area contributed by atoms with Gasteiger partial charge in [-0.1, -0.05) is 6.08 Å². The normalized spacial score (nSPS) is 11.1. The maximum atomic E-state index is 12.4. The van der Waals surface area contributed by atoms with Crippen LogP contribution in [0.4, 0.5) is 0 Å². The molecule has 0 saturated heterocycles. The highest BCUT2D eigenvalue weighted by molar-refractivity contribution is 5.07. The van der Waals surface area contributed by atoms with Gasteiger partial charge in [-0.2, -0.15) is 0 Å². The lowest BCUT2D eigenvalue weighted by molar-refractivity contribution is 0.431. The van der Waals surface area contributed by atoms with Crippen molar-refractivity contribution >= 4 is 0 Å². The van der Waals surface area contributed by atoms with Crippen molar-refractivity contribution in [2.24, 2.45) is 0 Å². The van der Waals surface area contributed by atoms with Crippen LogP contribution in [0.3, 0.4) is 0 Å². The number of nitrogens with zero attached hydrogens (tertiary/aromatic N) is 3. The third-order valence-corrected chi connectivity index (χ3v) is 2.94. The number of aromatic nitrogens is 2. The van der Waals surface area contributed by atoms with Gasteiger partial charge in [0.05, 0.1) is 0 Å². The second-order valence-electron chi connectivity index (χ2n) is 5.21. The van der Waals surface area contributed by atoms with E-state index in [1.807, 2.05) is 32.7 Å². The van der Waals surface area contributed by atoms with Crippen LogP contribution < -0.4 is 16.3 Å². The van der Waals surface area contributed by atoms with Crippen molar-refractivity contribution in [3.8, 4) is 0 Å². The Balaban J connectivity index is 3.57. The summed E-state index contributed by atoms with van der Waals surface area (Å²) in [5, 5.41) is 1.95. The molecule has 0 fully saturated rings. The van der Waals surface area contributed by atoms with E-state index in [0.717, 1.165) is 0 Å². The van der Waals surface area contributed by atoms with Gasteiger partial charge in [-0.15, -0.1) is 6.58 Å². The molecule has 0 spiro atoms. The number of hydrogen-bond acceptors (Lipinski definition) is 3. The summed E-state index contributed by atoms with van der Waals surface area (Å²) < 4.78 is 2.75. The van der Waals surface area contributed by atoms with Gasteiger partial charge in [0.15, 0.2) is 0 Å². The van der Waals surface area contributed by atoms with Crippen molar-refractivity contribution in [3.05, 3.63) is 45.3 Å². The molecule has 1 aromatic heterocycles. The highest BCUT2D eigenvalue weighted by Crippen LogP contribution is 2.02. The second-order valence-corrected chi connectivity index (χ2v) is 5.21. The zero-order chi connectivity index (χ0) is 14.7. The van der Waals surface area contributed by atoms with Crippen molar-refractivity contribution in [2.45, 2.75) is 53.2 Å². The van der Waals surface area contributed by atoms with Gasteiger partial charge < -0.3 is 5.01 Å². The van der Waals surface area contributed by atoms with Gasteiger partial charge in [0.2, 0.25) is 0 Å². The minimum atomic E-state index is -0.321. The topological polar surface area (TPSA) is 47.2 Å². The van der Waals surface area contributed by atoms with E-state index in [9.17, 15) is 9.59 Å². The third-order valence-electron chi connectivity index (χ3n) is 2.94. The zero-order valence-corrected chi connectivity index (χ0v) is 12.4. The Morgan fingerprint density at radius 2 is 1.79 bits per heavy atom. The molecule has 0 bridgehead atoms. The number of rotatable bonds is 5. The largest absolute Gasteiger partial charge is 0.350 e. The first-order valence-corrected chi connectivity index (χ1v) is 6.53. The van der Waals surface area contributed by atoms with Gasteiger partial charge in [-0.25, -0.2) is 9.47 Å². The summed E-state index contributed by atoms with van der Waals surface area (Å²) in [4.78, 5) is 24.4. The van der Waals surface area contributed by atoms with E-state index >= 15 is 0 Å². The minimum Gasteiger partial charge on any atom is -0.304 e. The summed E-state index contributed by atoms with van der Waals surface area (Å²) in [6.45, 7) is 13.6. The predicted molar refractivity (Wildman–Crippen MR) is 78.4 cm³/mol. The van der Waals surface area contributed by atoms with E-state index in [1.165, 1.54) is 9.24 Å². The fraction of sp³-hybridized carbons (Fsp3) is 0.571. The van der Waals surface area contributed by atoms with Crippen LogP contribution in [0.2, 0.25) is 0 Å². The molecule has 1 aromatic rings. The Labute approximate surface area is 113 Å². The van der Waals surface area contributed by atoms with Crippen LogP contribution in [0.25, 0.3) is 0 Å². The molecule has 19 heavy (non-hydrogen) atoms. The lowest BCUT2D eigenvalue weighted by Crippen LogP contribution is -2.54. The molecule has 0 saturated carbocycles. The Bertz CT molecular complexity index is 559. The highest BCUT2D eigenvalue weighted by atomic mass is 16.2. The first-order valence-electron chi connectivity index (χ1n) is 6.53. The monoisotopic (exact) mass is 265 g/mol. The molecule has 1 rings (SSSR count). The summed E-state index contributed by atoms with van der Waals surface area (Å²) in [5.74, 6) is 0. The molecule has 0 unspecified atom stereocenters. The highest BCUT2D eigenvalue weighted by Gasteiger charge is 2.18. The van der Waals surface area contributed by atoms with Crippen molar-refractivity contribution in [3.63, 3.8) is 0 Å². The van der Waals surface area contributed by atoms with Crippen molar-refractivity contribution in [1.82, 2.24) is 9.24 Å². The summed E-state index contributed by atoms with van der Waals surface area (Å²) in [7, 11) is 0. The van der Waals surface area contributed by atoms with E-state index in [1.54, 1.807) is 19.2 Å².